The van der Waals surface area contributed by atoms with E-state index in [2.05, 4.69) is 19.1 Å². The van der Waals surface area contributed by atoms with Gasteiger partial charge in [-0.05, 0) is 24.6 Å². The Morgan fingerprint density at radius 3 is 2.38 bits per heavy atom. The highest BCUT2D eigenvalue weighted by molar-refractivity contribution is 5.26. The standard InChI is InChI=1S/C14H17NO/c1-11(12-7-4-3-5-8-12)14(2,15)13-9-6-10-16-13/h3-11H,15H2,1-2H3/t11-,14+/m1/s1. The van der Waals surface area contributed by atoms with Crippen molar-refractivity contribution in [2.75, 3.05) is 0 Å². The molecular formula is C14H17NO. The minimum Gasteiger partial charge on any atom is -0.467 e. The second kappa shape index (κ2) is 4.14. The first-order chi connectivity index (χ1) is 7.62. The van der Waals surface area contributed by atoms with Crippen LogP contribution in [0.3, 0.4) is 0 Å². The maximum absolute atomic E-state index is 6.36. The zero-order chi connectivity index (χ0) is 11.6. The van der Waals surface area contributed by atoms with E-state index in [0.29, 0.717) is 0 Å². The van der Waals surface area contributed by atoms with Gasteiger partial charge >= 0.3 is 0 Å². The van der Waals surface area contributed by atoms with Crippen LogP contribution < -0.4 is 5.73 Å². The predicted molar refractivity (Wildman–Crippen MR) is 65.1 cm³/mol. The fraction of sp³-hybridized carbons (Fsp3) is 0.286. The van der Waals surface area contributed by atoms with Crippen molar-refractivity contribution in [1.29, 1.82) is 0 Å². The lowest BCUT2D eigenvalue weighted by molar-refractivity contribution is 0.323. The van der Waals surface area contributed by atoms with Crippen LogP contribution in [0.5, 0.6) is 0 Å². The third-order valence-electron chi connectivity index (χ3n) is 3.25. The maximum atomic E-state index is 6.36. The maximum Gasteiger partial charge on any atom is 0.123 e. The van der Waals surface area contributed by atoms with Crippen molar-refractivity contribution in [2.24, 2.45) is 5.73 Å². The van der Waals surface area contributed by atoms with Crippen molar-refractivity contribution in [3.63, 3.8) is 0 Å². The zero-order valence-corrected chi connectivity index (χ0v) is 9.68. The van der Waals surface area contributed by atoms with Crippen molar-refractivity contribution in [1.82, 2.24) is 0 Å². The second-order valence-corrected chi connectivity index (χ2v) is 4.39. The molecule has 0 aliphatic heterocycles. The molecule has 0 unspecified atom stereocenters. The zero-order valence-electron chi connectivity index (χ0n) is 9.68. The van der Waals surface area contributed by atoms with Crippen LogP contribution in [0.25, 0.3) is 0 Å². The van der Waals surface area contributed by atoms with E-state index in [-0.39, 0.29) is 5.92 Å². The first kappa shape index (κ1) is 11.0. The van der Waals surface area contributed by atoms with Gasteiger partial charge in [-0.25, -0.2) is 0 Å². The van der Waals surface area contributed by atoms with Crippen molar-refractivity contribution in [3.05, 3.63) is 60.1 Å². The number of rotatable bonds is 3. The molecule has 2 heteroatoms. The van der Waals surface area contributed by atoms with Crippen LogP contribution in [-0.2, 0) is 5.54 Å². The summed E-state index contributed by atoms with van der Waals surface area (Å²) < 4.78 is 5.42. The van der Waals surface area contributed by atoms with Gasteiger partial charge < -0.3 is 10.2 Å². The smallest absolute Gasteiger partial charge is 0.123 e. The average molecular weight is 215 g/mol. The fourth-order valence-electron chi connectivity index (χ4n) is 1.89. The van der Waals surface area contributed by atoms with Gasteiger partial charge in [-0.3, -0.25) is 0 Å². The van der Waals surface area contributed by atoms with Gasteiger partial charge in [0.25, 0.3) is 0 Å². The lowest BCUT2D eigenvalue weighted by Gasteiger charge is -2.30. The first-order valence-corrected chi connectivity index (χ1v) is 5.50. The molecule has 2 rings (SSSR count). The summed E-state index contributed by atoms with van der Waals surface area (Å²) >= 11 is 0. The molecule has 1 heterocycles. The van der Waals surface area contributed by atoms with E-state index in [1.54, 1.807) is 6.26 Å². The predicted octanol–water partition coefficient (Wildman–Crippen LogP) is 3.26. The van der Waals surface area contributed by atoms with Gasteiger partial charge in [0.2, 0.25) is 0 Å². The molecule has 1 aromatic carbocycles. The molecule has 0 aliphatic carbocycles. The molecule has 0 fully saturated rings. The van der Waals surface area contributed by atoms with E-state index in [1.807, 2.05) is 37.3 Å². The molecule has 0 spiro atoms. The highest BCUT2D eigenvalue weighted by Crippen LogP contribution is 2.34. The quantitative estimate of drug-likeness (QED) is 0.853. The summed E-state index contributed by atoms with van der Waals surface area (Å²) in [6.07, 6.45) is 1.66. The van der Waals surface area contributed by atoms with Gasteiger partial charge in [0.05, 0.1) is 11.8 Å². The molecule has 2 nitrogen and oxygen atoms in total. The minimum atomic E-state index is -0.481. The molecule has 0 saturated carbocycles. The number of hydrogen-bond acceptors (Lipinski definition) is 2. The van der Waals surface area contributed by atoms with Crippen LogP contribution in [0.15, 0.2) is 53.1 Å². The summed E-state index contributed by atoms with van der Waals surface area (Å²) in [5.74, 6) is 1.03. The largest absolute Gasteiger partial charge is 0.467 e. The molecule has 0 saturated heterocycles. The first-order valence-electron chi connectivity index (χ1n) is 5.50. The SMILES string of the molecule is C[C@H](c1ccccc1)[C@](C)(N)c1ccco1. The van der Waals surface area contributed by atoms with Gasteiger partial charge in [-0.1, -0.05) is 37.3 Å². The van der Waals surface area contributed by atoms with Crippen LogP contribution in [0.4, 0.5) is 0 Å². The summed E-state index contributed by atoms with van der Waals surface area (Å²) in [5.41, 5.74) is 7.11. The highest BCUT2D eigenvalue weighted by atomic mass is 16.3. The van der Waals surface area contributed by atoms with E-state index in [9.17, 15) is 0 Å². The van der Waals surface area contributed by atoms with Crippen LogP contribution in [0.1, 0.15) is 31.1 Å². The Morgan fingerprint density at radius 1 is 1.12 bits per heavy atom. The third kappa shape index (κ3) is 1.89. The molecule has 0 amide bonds. The third-order valence-corrected chi connectivity index (χ3v) is 3.25. The summed E-state index contributed by atoms with van der Waals surface area (Å²) in [4.78, 5) is 0. The van der Waals surface area contributed by atoms with E-state index in [0.717, 1.165) is 5.76 Å². The van der Waals surface area contributed by atoms with Gasteiger partial charge in [0.1, 0.15) is 5.76 Å². The van der Waals surface area contributed by atoms with Crippen LogP contribution in [-0.4, -0.2) is 0 Å². The van der Waals surface area contributed by atoms with E-state index < -0.39 is 5.54 Å². The number of nitrogens with two attached hydrogens (primary N) is 1. The Hall–Kier alpha value is -1.54. The molecule has 84 valence electrons. The van der Waals surface area contributed by atoms with Crippen molar-refractivity contribution in [3.8, 4) is 0 Å². The Balaban J connectivity index is 2.31. The highest BCUT2D eigenvalue weighted by Gasteiger charge is 2.32. The lowest BCUT2D eigenvalue weighted by atomic mass is 9.81. The van der Waals surface area contributed by atoms with Gasteiger partial charge in [0.15, 0.2) is 0 Å². The molecule has 2 atom stereocenters. The minimum absolute atomic E-state index is 0.208. The Labute approximate surface area is 96.1 Å². The summed E-state index contributed by atoms with van der Waals surface area (Å²) in [6.45, 7) is 4.13. The molecular weight excluding hydrogens is 198 g/mol. The normalized spacial score (nSPS) is 16.7. The summed E-state index contributed by atoms with van der Waals surface area (Å²) in [5, 5.41) is 0. The van der Waals surface area contributed by atoms with Gasteiger partial charge in [-0.2, -0.15) is 0 Å². The molecule has 0 bridgehead atoms. The topological polar surface area (TPSA) is 39.2 Å². The van der Waals surface area contributed by atoms with Gasteiger partial charge in [0, 0.05) is 5.92 Å². The van der Waals surface area contributed by atoms with E-state index in [1.165, 1.54) is 5.56 Å². The van der Waals surface area contributed by atoms with E-state index >= 15 is 0 Å². The molecule has 0 aliphatic rings. The molecule has 0 radical (unpaired) electrons. The van der Waals surface area contributed by atoms with Crippen molar-refractivity contribution < 1.29 is 4.42 Å². The Bertz CT molecular complexity index is 431. The fourth-order valence-corrected chi connectivity index (χ4v) is 1.89. The lowest BCUT2D eigenvalue weighted by Crippen LogP contribution is -2.38. The Kier molecular flexibility index (Phi) is 2.84. The molecule has 2 N–H and O–H groups in total. The molecule has 1 aromatic heterocycles. The van der Waals surface area contributed by atoms with Crippen LogP contribution in [0.2, 0.25) is 0 Å². The average Bonchev–Trinajstić information content (AvgIpc) is 2.83. The number of furan rings is 1. The Morgan fingerprint density at radius 2 is 1.81 bits per heavy atom. The number of hydrogen-bond donors (Lipinski definition) is 1. The summed E-state index contributed by atoms with van der Waals surface area (Å²) in [7, 11) is 0. The van der Waals surface area contributed by atoms with Gasteiger partial charge in [-0.15, -0.1) is 0 Å². The second-order valence-electron chi connectivity index (χ2n) is 4.39. The monoisotopic (exact) mass is 215 g/mol. The van der Waals surface area contributed by atoms with E-state index in [4.69, 9.17) is 10.2 Å². The molecule has 16 heavy (non-hydrogen) atoms. The van der Waals surface area contributed by atoms with Crippen molar-refractivity contribution in [2.45, 2.75) is 25.3 Å². The summed E-state index contributed by atoms with van der Waals surface area (Å²) in [6, 6.07) is 14.1. The number of benzene rings is 1. The van der Waals surface area contributed by atoms with Crippen LogP contribution in [0, 0.1) is 0 Å². The molecule has 2 aromatic rings. The van der Waals surface area contributed by atoms with Crippen LogP contribution >= 0.6 is 0 Å². The van der Waals surface area contributed by atoms with Crippen molar-refractivity contribution >= 4 is 0 Å².